The fourth-order valence-electron chi connectivity index (χ4n) is 10.3. The van der Waals surface area contributed by atoms with Gasteiger partial charge in [0.05, 0.1) is 0 Å². The Morgan fingerprint density at radius 2 is 1.66 bits per heavy atom. The molecule has 0 heterocycles. The monoisotopic (exact) mass is 652 g/mol. The van der Waals surface area contributed by atoms with Gasteiger partial charge in [-0.15, -0.1) is 0 Å². The molecule has 0 aromatic heterocycles. The Bertz CT molecular complexity index is 1310. The summed E-state index contributed by atoms with van der Waals surface area (Å²) in [4.78, 5) is 39.0. The molecule has 3 N–H and O–H groups in total. The number of carbonyl (C=O) groups excluding carboxylic acids is 1. The molecule has 4 aliphatic rings. The SMILES string of the molecule is CC(C)CCCCC1CCC2C3CC=C4CC(OC(=O)NCCNc5c(NCCCCN(C)C)c(=O)c5=O)CCC4(C)C3CCC12C. The van der Waals surface area contributed by atoms with E-state index in [1.807, 2.05) is 14.1 Å². The zero-order valence-corrected chi connectivity index (χ0v) is 30.3. The van der Waals surface area contributed by atoms with Crippen LogP contribution in [-0.4, -0.2) is 57.4 Å². The Hall–Kier alpha value is -2.35. The molecule has 8 nitrogen and oxygen atoms in total. The van der Waals surface area contributed by atoms with E-state index in [0.717, 1.165) is 68.2 Å². The van der Waals surface area contributed by atoms with Crippen molar-refractivity contribution in [2.45, 2.75) is 124 Å². The van der Waals surface area contributed by atoms with Crippen LogP contribution in [0.15, 0.2) is 21.2 Å². The third kappa shape index (κ3) is 7.94. The second-order valence-corrected chi connectivity index (χ2v) is 16.7. The van der Waals surface area contributed by atoms with Crippen molar-refractivity contribution < 1.29 is 9.53 Å². The second kappa shape index (κ2) is 15.5. The topological polar surface area (TPSA) is 99.8 Å². The van der Waals surface area contributed by atoms with Crippen molar-refractivity contribution in [3.63, 3.8) is 0 Å². The van der Waals surface area contributed by atoms with Gasteiger partial charge in [-0.2, -0.15) is 0 Å². The van der Waals surface area contributed by atoms with E-state index in [1.54, 1.807) is 0 Å². The summed E-state index contributed by atoms with van der Waals surface area (Å²) in [6.45, 7) is 12.2. The molecule has 0 aliphatic heterocycles. The second-order valence-electron chi connectivity index (χ2n) is 16.7. The van der Waals surface area contributed by atoms with Gasteiger partial charge in [0.25, 0.3) is 10.9 Å². The molecule has 0 saturated heterocycles. The van der Waals surface area contributed by atoms with Gasteiger partial charge in [0, 0.05) is 26.1 Å². The molecule has 1 amide bonds. The number of anilines is 2. The van der Waals surface area contributed by atoms with Crippen LogP contribution in [0.25, 0.3) is 0 Å². The summed E-state index contributed by atoms with van der Waals surface area (Å²) in [6, 6.07) is 0. The fourth-order valence-corrected chi connectivity index (χ4v) is 10.3. The van der Waals surface area contributed by atoms with E-state index >= 15 is 0 Å². The number of carbonyl (C=O) groups is 1. The van der Waals surface area contributed by atoms with Crippen molar-refractivity contribution in [3.8, 4) is 0 Å². The quantitative estimate of drug-likeness (QED) is 0.0977. The van der Waals surface area contributed by atoms with Gasteiger partial charge < -0.3 is 25.6 Å². The lowest BCUT2D eigenvalue weighted by atomic mass is 9.47. The summed E-state index contributed by atoms with van der Waals surface area (Å²) in [6.07, 6.45) is 19.2. The molecule has 8 heteroatoms. The van der Waals surface area contributed by atoms with Gasteiger partial charge in [0.15, 0.2) is 0 Å². The minimum absolute atomic E-state index is 0.0915. The lowest BCUT2D eigenvalue weighted by Gasteiger charge is -2.58. The minimum atomic E-state index is -0.496. The van der Waals surface area contributed by atoms with Crippen molar-refractivity contribution in [2.24, 2.45) is 40.4 Å². The summed E-state index contributed by atoms with van der Waals surface area (Å²) in [5.41, 5.74) is 2.01. The first kappa shape index (κ1) is 35.9. The van der Waals surface area contributed by atoms with Crippen LogP contribution in [0.4, 0.5) is 16.2 Å². The van der Waals surface area contributed by atoms with Crippen LogP contribution >= 0.6 is 0 Å². The first-order chi connectivity index (χ1) is 22.4. The van der Waals surface area contributed by atoms with E-state index in [2.05, 4.69) is 54.6 Å². The molecule has 0 spiro atoms. The Kier molecular flexibility index (Phi) is 11.8. The first-order valence-electron chi connectivity index (χ1n) is 19.0. The number of nitrogens with one attached hydrogen (secondary N) is 3. The van der Waals surface area contributed by atoms with Gasteiger partial charge in [-0.1, -0.05) is 58.6 Å². The van der Waals surface area contributed by atoms with Crippen LogP contribution in [0.5, 0.6) is 0 Å². The van der Waals surface area contributed by atoms with E-state index in [4.69, 9.17) is 4.74 Å². The van der Waals surface area contributed by atoms with Gasteiger partial charge in [0.2, 0.25) is 0 Å². The number of unbranched alkanes of at least 4 members (excludes halogenated alkanes) is 2. The Balaban J connectivity index is 1.05. The summed E-state index contributed by atoms with van der Waals surface area (Å²) >= 11 is 0. The number of fused-ring (bicyclic) bond motifs is 5. The van der Waals surface area contributed by atoms with Crippen molar-refractivity contribution in [3.05, 3.63) is 32.1 Å². The maximum atomic E-state index is 12.7. The lowest BCUT2D eigenvalue weighted by molar-refractivity contribution is -0.0519. The van der Waals surface area contributed by atoms with E-state index in [1.165, 1.54) is 63.4 Å². The van der Waals surface area contributed by atoms with E-state index < -0.39 is 17.0 Å². The largest absolute Gasteiger partial charge is 0.446 e. The third-order valence-corrected chi connectivity index (χ3v) is 13.1. The number of alkyl carbamates (subject to hydrolysis) is 1. The highest BCUT2D eigenvalue weighted by molar-refractivity contribution is 5.74. The number of hydrogen-bond acceptors (Lipinski definition) is 7. The molecule has 5 rings (SSSR count). The molecule has 1 aromatic rings. The summed E-state index contributed by atoms with van der Waals surface area (Å²) in [5, 5.41) is 8.98. The zero-order chi connectivity index (χ0) is 33.8. The smallest absolute Gasteiger partial charge is 0.407 e. The van der Waals surface area contributed by atoms with Crippen molar-refractivity contribution >= 4 is 17.5 Å². The Labute approximate surface area is 283 Å². The molecule has 1 aromatic carbocycles. The van der Waals surface area contributed by atoms with Gasteiger partial charge in [-0.3, -0.25) is 9.59 Å². The number of ether oxygens (including phenoxy) is 1. The molecular weight excluding hydrogens is 588 g/mol. The lowest BCUT2D eigenvalue weighted by Crippen LogP contribution is -2.50. The summed E-state index contributed by atoms with van der Waals surface area (Å²) < 4.78 is 5.91. The van der Waals surface area contributed by atoms with Crippen molar-refractivity contribution in [1.29, 1.82) is 0 Å². The molecule has 3 fully saturated rings. The minimum Gasteiger partial charge on any atom is -0.446 e. The number of hydrogen-bond donors (Lipinski definition) is 3. The predicted octanol–water partition coefficient (Wildman–Crippen LogP) is 7.34. The number of rotatable bonds is 16. The molecule has 264 valence electrons. The zero-order valence-electron chi connectivity index (χ0n) is 30.3. The van der Waals surface area contributed by atoms with Crippen LogP contribution in [0.3, 0.4) is 0 Å². The summed E-state index contributed by atoms with van der Waals surface area (Å²) in [5.74, 6) is 4.16. The number of nitrogens with zero attached hydrogens (tertiary/aromatic N) is 1. The highest BCUT2D eigenvalue weighted by atomic mass is 16.6. The molecule has 0 bridgehead atoms. The van der Waals surface area contributed by atoms with Crippen LogP contribution in [0.1, 0.15) is 118 Å². The molecular formula is C39H64N4O4. The van der Waals surface area contributed by atoms with Crippen molar-refractivity contribution in [1.82, 2.24) is 10.2 Å². The third-order valence-electron chi connectivity index (χ3n) is 13.1. The molecule has 47 heavy (non-hydrogen) atoms. The van der Waals surface area contributed by atoms with Gasteiger partial charge in [-0.05, 0) is 125 Å². The molecule has 3 saturated carbocycles. The van der Waals surface area contributed by atoms with Crippen LogP contribution < -0.4 is 26.8 Å². The van der Waals surface area contributed by atoms with E-state index in [0.29, 0.717) is 36.4 Å². The normalized spacial score (nSPS) is 31.7. The number of amides is 1. The highest BCUT2D eigenvalue weighted by Gasteiger charge is 2.58. The highest BCUT2D eigenvalue weighted by Crippen LogP contribution is 2.66. The van der Waals surface area contributed by atoms with Gasteiger partial charge in [0.1, 0.15) is 17.5 Å². The number of allylic oxidation sites excluding steroid dienone is 1. The van der Waals surface area contributed by atoms with Crippen LogP contribution in [-0.2, 0) is 4.74 Å². The van der Waals surface area contributed by atoms with E-state index in [-0.39, 0.29) is 11.5 Å². The maximum Gasteiger partial charge on any atom is 0.407 e. The molecule has 0 radical (unpaired) electrons. The Morgan fingerprint density at radius 1 is 0.915 bits per heavy atom. The van der Waals surface area contributed by atoms with Crippen LogP contribution in [0.2, 0.25) is 0 Å². The van der Waals surface area contributed by atoms with Crippen molar-refractivity contribution in [2.75, 3.05) is 50.9 Å². The fraction of sp³-hybridized carbons (Fsp3) is 0.821. The molecule has 4 aliphatic carbocycles. The van der Waals surface area contributed by atoms with Gasteiger partial charge >= 0.3 is 6.09 Å². The summed E-state index contributed by atoms with van der Waals surface area (Å²) in [7, 11) is 4.07. The maximum absolute atomic E-state index is 12.7. The van der Waals surface area contributed by atoms with Gasteiger partial charge in [-0.25, -0.2) is 4.79 Å². The van der Waals surface area contributed by atoms with E-state index in [9.17, 15) is 14.4 Å². The molecule has 7 unspecified atom stereocenters. The Morgan fingerprint density at radius 3 is 2.38 bits per heavy atom. The average molecular weight is 653 g/mol. The average Bonchev–Trinajstić information content (AvgIpc) is 3.37. The predicted molar refractivity (Wildman–Crippen MR) is 193 cm³/mol. The van der Waals surface area contributed by atoms with Crippen LogP contribution in [0, 0.1) is 40.4 Å². The standard InChI is InChI=1S/C39H64N4O4/c1-26(2)11-7-8-12-27-14-16-31-30-15-13-28-25-29(17-19-39(28,4)32(30)18-20-38(27,31)3)47-37(46)42-23-22-41-34-33(35(44)36(34)45)40-21-9-10-24-43(5)6/h13,26-27,29-32,40-41H,7-12,14-25H2,1-6H3,(H,42,46). The molecule has 7 atom stereocenters. The first-order valence-corrected chi connectivity index (χ1v) is 19.0.